The van der Waals surface area contributed by atoms with Gasteiger partial charge in [-0.2, -0.15) is 0 Å². The minimum absolute atomic E-state index is 0.379. The van der Waals surface area contributed by atoms with E-state index in [2.05, 4.69) is 5.32 Å². The third-order valence-corrected chi connectivity index (χ3v) is 2.66. The molecule has 0 spiro atoms. The van der Waals surface area contributed by atoms with Crippen LogP contribution in [0.1, 0.15) is 5.56 Å². The monoisotopic (exact) mass is 269 g/mol. The third-order valence-electron chi connectivity index (χ3n) is 2.44. The number of ether oxygens (including phenoxy) is 1. The minimum atomic E-state index is 0.379. The van der Waals surface area contributed by atoms with Gasteiger partial charge in [-0.15, -0.1) is 0 Å². The van der Waals surface area contributed by atoms with Crippen molar-refractivity contribution in [2.45, 2.75) is 0 Å². The van der Waals surface area contributed by atoms with Gasteiger partial charge in [0.15, 0.2) is 0 Å². The molecule has 0 aromatic heterocycles. The lowest BCUT2D eigenvalue weighted by Gasteiger charge is -2.07. The van der Waals surface area contributed by atoms with Crippen molar-refractivity contribution >= 4 is 29.2 Å². The molecule has 0 amide bonds. The minimum Gasteiger partial charge on any atom is -0.467 e. The van der Waals surface area contributed by atoms with Gasteiger partial charge in [0.05, 0.1) is 0 Å². The molecule has 96 valence electrons. The molecule has 0 atom stereocenters. The number of rotatable bonds is 4. The van der Waals surface area contributed by atoms with E-state index in [9.17, 15) is 0 Å². The molecule has 1 N–H and O–H groups in total. The SMILES string of the molecule is S=C(Nc1ccccc1)OC/C=C/c1ccccc1. The number of hydrogen-bond acceptors (Lipinski definition) is 2. The van der Waals surface area contributed by atoms with Gasteiger partial charge in [-0.25, -0.2) is 0 Å². The summed E-state index contributed by atoms with van der Waals surface area (Å²) in [4.78, 5) is 0. The van der Waals surface area contributed by atoms with E-state index < -0.39 is 0 Å². The summed E-state index contributed by atoms with van der Waals surface area (Å²) in [6, 6.07) is 19.8. The third kappa shape index (κ3) is 4.94. The molecule has 0 aliphatic heterocycles. The average molecular weight is 269 g/mol. The average Bonchev–Trinajstić information content (AvgIpc) is 2.46. The van der Waals surface area contributed by atoms with Crippen molar-refractivity contribution in [1.82, 2.24) is 0 Å². The maximum absolute atomic E-state index is 5.40. The van der Waals surface area contributed by atoms with Crippen molar-refractivity contribution in [3.8, 4) is 0 Å². The molecule has 2 nitrogen and oxygen atoms in total. The second-order valence-electron chi connectivity index (χ2n) is 3.90. The Labute approximate surface area is 118 Å². The van der Waals surface area contributed by atoms with E-state index in [0.29, 0.717) is 11.8 Å². The Morgan fingerprint density at radius 3 is 2.32 bits per heavy atom. The molecule has 0 heterocycles. The molecular formula is C16H15NOS. The summed E-state index contributed by atoms with van der Waals surface area (Å²) in [6.45, 7) is 0.452. The molecule has 0 saturated heterocycles. The number of para-hydroxylation sites is 1. The summed E-state index contributed by atoms with van der Waals surface area (Å²) < 4.78 is 5.40. The molecule has 0 fully saturated rings. The second kappa shape index (κ2) is 7.34. The van der Waals surface area contributed by atoms with Crippen molar-refractivity contribution in [2.75, 3.05) is 11.9 Å². The van der Waals surface area contributed by atoms with Gasteiger partial charge < -0.3 is 10.1 Å². The fourth-order valence-electron chi connectivity index (χ4n) is 1.55. The maximum Gasteiger partial charge on any atom is 0.261 e. The van der Waals surface area contributed by atoms with Crippen molar-refractivity contribution in [3.63, 3.8) is 0 Å². The summed E-state index contributed by atoms with van der Waals surface area (Å²) in [5.41, 5.74) is 2.08. The van der Waals surface area contributed by atoms with Crippen molar-refractivity contribution in [1.29, 1.82) is 0 Å². The Bertz CT molecular complexity index is 537. The second-order valence-corrected chi connectivity index (χ2v) is 4.27. The highest BCUT2D eigenvalue weighted by Crippen LogP contribution is 2.05. The number of hydrogen-bond donors (Lipinski definition) is 1. The summed E-state index contributed by atoms with van der Waals surface area (Å²) in [6.07, 6.45) is 3.94. The molecule has 0 aliphatic carbocycles. The van der Waals surface area contributed by atoms with E-state index in [1.54, 1.807) is 0 Å². The zero-order valence-corrected chi connectivity index (χ0v) is 11.3. The largest absolute Gasteiger partial charge is 0.467 e. The molecule has 0 bridgehead atoms. The summed E-state index contributed by atoms with van der Waals surface area (Å²) in [5.74, 6) is 0. The molecule has 2 rings (SSSR count). The van der Waals surface area contributed by atoms with Crippen molar-refractivity contribution in [2.24, 2.45) is 0 Å². The van der Waals surface area contributed by atoms with Gasteiger partial charge in [0.1, 0.15) is 6.61 Å². The molecule has 0 saturated carbocycles. The molecule has 19 heavy (non-hydrogen) atoms. The van der Waals surface area contributed by atoms with Crippen LogP contribution in [0.25, 0.3) is 6.08 Å². The smallest absolute Gasteiger partial charge is 0.261 e. The fraction of sp³-hybridized carbons (Fsp3) is 0.0625. The van der Waals surface area contributed by atoms with Crippen LogP contribution in [-0.2, 0) is 4.74 Å². The van der Waals surface area contributed by atoms with E-state index in [1.165, 1.54) is 0 Å². The predicted octanol–water partition coefficient (Wildman–Crippen LogP) is 4.11. The topological polar surface area (TPSA) is 21.3 Å². The van der Waals surface area contributed by atoms with Crippen LogP contribution < -0.4 is 5.32 Å². The quantitative estimate of drug-likeness (QED) is 0.844. The lowest BCUT2D eigenvalue weighted by atomic mass is 10.2. The van der Waals surface area contributed by atoms with Crippen LogP contribution in [-0.4, -0.2) is 11.8 Å². The fourth-order valence-corrected chi connectivity index (χ4v) is 1.73. The van der Waals surface area contributed by atoms with Gasteiger partial charge in [0, 0.05) is 5.69 Å². The van der Waals surface area contributed by atoms with Gasteiger partial charge >= 0.3 is 0 Å². The van der Waals surface area contributed by atoms with E-state index in [4.69, 9.17) is 17.0 Å². The standard InChI is InChI=1S/C16H15NOS/c19-16(17-15-11-5-2-6-12-15)18-13-7-10-14-8-3-1-4-9-14/h1-12H,13H2,(H,17,19)/b10-7+. The Morgan fingerprint density at radius 1 is 1.00 bits per heavy atom. The number of nitrogens with one attached hydrogen (secondary N) is 1. The number of anilines is 1. The van der Waals surface area contributed by atoms with Crippen molar-refractivity contribution < 1.29 is 4.74 Å². The highest BCUT2D eigenvalue weighted by atomic mass is 32.1. The highest BCUT2D eigenvalue weighted by molar-refractivity contribution is 7.80. The van der Waals surface area contributed by atoms with Crippen LogP contribution in [0.15, 0.2) is 66.7 Å². The van der Waals surface area contributed by atoms with Crippen LogP contribution in [0, 0.1) is 0 Å². The van der Waals surface area contributed by atoms with Gasteiger partial charge in [0.2, 0.25) is 0 Å². The van der Waals surface area contributed by atoms with Crippen molar-refractivity contribution in [3.05, 3.63) is 72.3 Å². The summed E-state index contributed by atoms with van der Waals surface area (Å²) in [7, 11) is 0. The zero-order chi connectivity index (χ0) is 13.3. The molecule has 0 radical (unpaired) electrons. The van der Waals surface area contributed by atoms with Crippen LogP contribution in [0.4, 0.5) is 5.69 Å². The first-order chi connectivity index (χ1) is 9.34. The lowest BCUT2D eigenvalue weighted by Crippen LogP contribution is -2.13. The van der Waals surface area contributed by atoms with Crippen LogP contribution >= 0.6 is 12.2 Å². The van der Waals surface area contributed by atoms with Gasteiger partial charge in [-0.3, -0.25) is 0 Å². The van der Waals surface area contributed by atoms with E-state index in [1.807, 2.05) is 72.8 Å². The number of thiocarbonyl (C=S) groups is 1. The van der Waals surface area contributed by atoms with Crippen LogP contribution in [0.2, 0.25) is 0 Å². The number of benzene rings is 2. The van der Waals surface area contributed by atoms with Crippen LogP contribution in [0.5, 0.6) is 0 Å². The molecule has 2 aromatic rings. The molecule has 0 aliphatic rings. The Hall–Kier alpha value is -2.13. The maximum atomic E-state index is 5.40. The van der Waals surface area contributed by atoms with Crippen LogP contribution in [0.3, 0.4) is 0 Å². The molecular weight excluding hydrogens is 254 g/mol. The summed E-state index contributed by atoms with van der Waals surface area (Å²) >= 11 is 5.10. The zero-order valence-electron chi connectivity index (χ0n) is 10.5. The van der Waals surface area contributed by atoms with Gasteiger partial charge in [-0.05, 0) is 36.0 Å². The van der Waals surface area contributed by atoms with E-state index >= 15 is 0 Å². The first kappa shape index (κ1) is 13.3. The Balaban J connectivity index is 1.74. The van der Waals surface area contributed by atoms with E-state index in [-0.39, 0.29) is 0 Å². The summed E-state index contributed by atoms with van der Waals surface area (Å²) in [5, 5.41) is 3.39. The normalized spacial score (nSPS) is 10.3. The van der Waals surface area contributed by atoms with E-state index in [0.717, 1.165) is 11.3 Å². The molecule has 2 aromatic carbocycles. The lowest BCUT2D eigenvalue weighted by molar-refractivity contribution is 0.360. The predicted molar refractivity (Wildman–Crippen MR) is 84.1 cm³/mol. The Morgan fingerprint density at radius 2 is 1.63 bits per heavy atom. The first-order valence-electron chi connectivity index (χ1n) is 6.05. The molecule has 3 heteroatoms. The van der Waals surface area contributed by atoms with Gasteiger partial charge in [-0.1, -0.05) is 54.6 Å². The highest BCUT2D eigenvalue weighted by Gasteiger charge is 1.95. The molecule has 0 unspecified atom stereocenters. The first-order valence-corrected chi connectivity index (χ1v) is 6.46. The van der Waals surface area contributed by atoms with Gasteiger partial charge in [0.25, 0.3) is 5.17 Å². The Kier molecular flexibility index (Phi) is 5.14.